The second kappa shape index (κ2) is 5.01. The van der Waals surface area contributed by atoms with Gasteiger partial charge in [-0.15, -0.1) is 0 Å². The monoisotopic (exact) mass is 260 g/mol. The number of aromatic carboxylic acids is 1. The van der Waals surface area contributed by atoms with Gasteiger partial charge in [-0.2, -0.15) is 0 Å². The van der Waals surface area contributed by atoms with Crippen LogP contribution in [0.25, 0.3) is 5.65 Å². The molecule has 1 atom stereocenters. The van der Waals surface area contributed by atoms with E-state index < -0.39 is 5.97 Å². The fraction of sp³-hybridized carbons (Fsp3) is 0.429. The number of carboxylic acid groups (broad SMARTS) is 1. The van der Waals surface area contributed by atoms with Crippen molar-refractivity contribution >= 4 is 11.6 Å². The Hall–Kier alpha value is -1.88. The summed E-state index contributed by atoms with van der Waals surface area (Å²) in [6.07, 6.45) is 6.15. The van der Waals surface area contributed by atoms with Crippen molar-refractivity contribution in [2.45, 2.75) is 31.8 Å². The van der Waals surface area contributed by atoms with Crippen LogP contribution < -0.4 is 0 Å². The van der Waals surface area contributed by atoms with E-state index in [1.54, 1.807) is 22.7 Å². The summed E-state index contributed by atoms with van der Waals surface area (Å²) in [7, 11) is 0. The molecule has 5 heteroatoms. The minimum Gasteiger partial charge on any atom is -0.477 e. The van der Waals surface area contributed by atoms with E-state index in [-0.39, 0.29) is 11.8 Å². The summed E-state index contributed by atoms with van der Waals surface area (Å²) in [4.78, 5) is 15.6. The SMILES string of the molecule is O=C(O)c1cccc2nc(CC3CCCCO3)cn12. The third kappa shape index (κ3) is 2.46. The molecule has 1 aliphatic heterocycles. The highest BCUT2D eigenvalue weighted by molar-refractivity contribution is 5.86. The molecule has 0 aliphatic carbocycles. The van der Waals surface area contributed by atoms with Gasteiger partial charge in [0.15, 0.2) is 0 Å². The highest BCUT2D eigenvalue weighted by Crippen LogP contribution is 2.18. The van der Waals surface area contributed by atoms with Crippen molar-refractivity contribution in [3.8, 4) is 0 Å². The molecule has 3 heterocycles. The quantitative estimate of drug-likeness (QED) is 0.918. The summed E-state index contributed by atoms with van der Waals surface area (Å²) >= 11 is 0. The van der Waals surface area contributed by atoms with E-state index in [1.165, 1.54) is 6.42 Å². The largest absolute Gasteiger partial charge is 0.477 e. The predicted molar refractivity (Wildman–Crippen MR) is 69.4 cm³/mol. The van der Waals surface area contributed by atoms with Gasteiger partial charge in [0, 0.05) is 19.2 Å². The Labute approximate surface area is 110 Å². The minimum absolute atomic E-state index is 0.215. The summed E-state index contributed by atoms with van der Waals surface area (Å²) in [6.45, 7) is 0.818. The lowest BCUT2D eigenvalue weighted by atomic mass is 10.1. The van der Waals surface area contributed by atoms with Gasteiger partial charge in [0.25, 0.3) is 0 Å². The predicted octanol–water partition coefficient (Wildman–Crippen LogP) is 2.14. The van der Waals surface area contributed by atoms with E-state index in [2.05, 4.69) is 4.98 Å². The molecule has 0 bridgehead atoms. The molecule has 1 fully saturated rings. The third-order valence-electron chi connectivity index (χ3n) is 3.47. The maximum Gasteiger partial charge on any atom is 0.352 e. The zero-order chi connectivity index (χ0) is 13.2. The molecule has 100 valence electrons. The smallest absolute Gasteiger partial charge is 0.352 e. The molecular weight excluding hydrogens is 244 g/mol. The molecule has 1 unspecified atom stereocenters. The Balaban J connectivity index is 1.88. The zero-order valence-electron chi connectivity index (χ0n) is 10.6. The van der Waals surface area contributed by atoms with Crippen LogP contribution >= 0.6 is 0 Å². The fourth-order valence-electron chi connectivity index (χ4n) is 2.54. The molecule has 0 saturated carbocycles. The first kappa shape index (κ1) is 12.2. The number of carboxylic acids is 1. The number of nitrogens with zero attached hydrogens (tertiary/aromatic N) is 2. The maximum absolute atomic E-state index is 11.1. The molecule has 2 aromatic heterocycles. The van der Waals surface area contributed by atoms with E-state index in [0.717, 1.165) is 31.6 Å². The molecule has 3 rings (SSSR count). The van der Waals surface area contributed by atoms with Gasteiger partial charge in [0.2, 0.25) is 0 Å². The Kier molecular flexibility index (Phi) is 3.21. The summed E-state index contributed by atoms with van der Waals surface area (Å²) < 4.78 is 7.32. The molecule has 0 amide bonds. The van der Waals surface area contributed by atoms with Crippen LogP contribution in [-0.2, 0) is 11.2 Å². The first-order valence-electron chi connectivity index (χ1n) is 6.56. The number of aromatic nitrogens is 2. The van der Waals surface area contributed by atoms with Gasteiger partial charge < -0.3 is 9.84 Å². The Bertz CT molecular complexity index is 600. The van der Waals surface area contributed by atoms with Gasteiger partial charge >= 0.3 is 5.97 Å². The number of fused-ring (bicyclic) bond motifs is 1. The van der Waals surface area contributed by atoms with Gasteiger partial charge in [-0.25, -0.2) is 9.78 Å². The second-order valence-corrected chi connectivity index (χ2v) is 4.87. The number of rotatable bonds is 3. The van der Waals surface area contributed by atoms with Gasteiger partial charge in [-0.3, -0.25) is 4.40 Å². The number of imidazole rings is 1. The highest BCUT2D eigenvalue weighted by atomic mass is 16.5. The summed E-state index contributed by atoms with van der Waals surface area (Å²) in [6, 6.07) is 5.11. The molecular formula is C14H16N2O3. The Morgan fingerprint density at radius 2 is 2.37 bits per heavy atom. The van der Waals surface area contributed by atoms with E-state index in [9.17, 15) is 4.79 Å². The van der Waals surface area contributed by atoms with Crippen molar-refractivity contribution in [1.29, 1.82) is 0 Å². The molecule has 1 N–H and O–H groups in total. The molecule has 1 aliphatic rings. The van der Waals surface area contributed by atoms with E-state index in [0.29, 0.717) is 5.65 Å². The van der Waals surface area contributed by atoms with Crippen molar-refractivity contribution in [2.24, 2.45) is 0 Å². The molecule has 19 heavy (non-hydrogen) atoms. The first-order chi connectivity index (χ1) is 9.24. The lowest BCUT2D eigenvalue weighted by Gasteiger charge is -2.21. The van der Waals surface area contributed by atoms with Gasteiger partial charge in [-0.05, 0) is 31.4 Å². The molecule has 2 aromatic rings. The number of ether oxygens (including phenoxy) is 1. The topological polar surface area (TPSA) is 63.8 Å². The van der Waals surface area contributed by atoms with E-state index >= 15 is 0 Å². The van der Waals surface area contributed by atoms with E-state index in [4.69, 9.17) is 9.84 Å². The number of pyridine rings is 1. The van der Waals surface area contributed by atoms with Crippen molar-refractivity contribution in [3.63, 3.8) is 0 Å². The summed E-state index contributed by atoms with van der Waals surface area (Å²) in [5.74, 6) is -0.941. The summed E-state index contributed by atoms with van der Waals surface area (Å²) in [5, 5.41) is 9.14. The lowest BCUT2D eigenvalue weighted by molar-refractivity contribution is 0.0163. The average molecular weight is 260 g/mol. The number of hydrogen-bond donors (Lipinski definition) is 1. The van der Waals surface area contributed by atoms with Crippen molar-refractivity contribution < 1.29 is 14.6 Å². The standard InChI is InChI=1S/C14H16N2O3/c17-14(18)12-5-3-6-13-15-10(9-16(12)13)8-11-4-1-2-7-19-11/h3,5-6,9,11H,1-2,4,7-8H2,(H,17,18). The van der Waals surface area contributed by atoms with E-state index in [1.807, 2.05) is 6.07 Å². The fourth-order valence-corrected chi connectivity index (χ4v) is 2.54. The first-order valence-corrected chi connectivity index (χ1v) is 6.56. The normalized spacial score (nSPS) is 19.7. The molecule has 0 spiro atoms. The van der Waals surface area contributed by atoms with Crippen molar-refractivity contribution in [3.05, 3.63) is 35.8 Å². The van der Waals surface area contributed by atoms with Crippen LogP contribution in [0.15, 0.2) is 24.4 Å². The molecule has 0 radical (unpaired) electrons. The third-order valence-corrected chi connectivity index (χ3v) is 3.47. The van der Waals surface area contributed by atoms with Crippen LogP contribution in [0.4, 0.5) is 0 Å². The van der Waals surface area contributed by atoms with Gasteiger partial charge in [-0.1, -0.05) is 6.07 Å². The Morgan fingerprint density at radius 3 is 3.11 bits per heavy atom. The van der Waals surface area contributed by atoms with Gasteiger partial charge in [0.1, 0.15) is 11.3 Å². The summed E-state index contributed by atoms with van der Waals surface area (Å²) in [5.41, 5.74) is 1.80. The number of hydrogen-bond acceptors (Lipinski definition) is 3. The average Bonchev–Trinajstić information content (AvgIpc) is 2.81. The van der Waals surface area contributed by atoms with Crippen LogP contribution in [0.3, 0.4) is 0 Å². The maximum atomic E-state index is 11.1. The minimum atomic E-state index is -0.941. The lowest BCUT2D eigenvalue weighted by Crippen LogP contribution is -2.21. The second-order valence-electron chi connectivity index (χ2n) is 4.87. The van der Waals surface area contributed by atoms with Crippen LogP contribution in [-0.4, -0.2) is 33.2 Å². The van der Waals surface area contributed by atoms with Crippen LogP contribution in [0.5, 0.6) is 0 Å². The molecule has 1 saturated heterocycles. The molecule has 0 aromatic carbocycles. The highest BCUT2D eigenvalue weighted by Gasteiger charge is 2.17. The Morgan fingerprint density at radius 1 is 1.47 bits per heavy atom. The van der Waals surface area contributed by atoms with Crippen LogP contribution in [0.2, 0.25) is 0 Å². The number of carbonyl (C=O) groups is 1. The van der Waals surface area contributed by atoms with Gasteiger partial charge in [0.05, 0.1) is 11.8 Å². The van der Waals surface area contributed by atoms with Crippen LogP contribution in [0.1, 0.15) is 35.4 Å². The van der Waals surface area contributed by atoms with Crippen LogP contribution in [0, 0.1) is 0 Å². The molecule has 5 nitrogen and oxygen atoms in total. The zero-order valence-corrected chi connectivity index (χ0v) is 10.6. The van der Waals surface area contributed by atoms with Crippen molar-refractivity contribution in [2.75, 3.05) is 6.61 Å². The van der Waals surface area contributed by atoms with Crippen molar-refractivity contribution in [1.82, 2.24) is 9.38 Å².